The first-order valence-electron chi connectivity index (χ1n) is 9.87. The Labute approximate surface area is 175 Å². The Morgan fingerprint density at radius 2 is 1.59 bits per heavy atom. The van der Waals surface area contributed by atoms with Crippen molar-refractivity contribution in [3.8, 4) is 11.3 Å². The van der Waals surface area contributed by atoms with E-state index in [1.165, 1.54) is 5.56 Å². The summed E-state index contributed by atoms with van der Waals surface area (Å²) in [5.41, 5.74) is 3.91. The van der Waals surface area contributed by atoms with Gasteiger partial charge in [0.05, 0.1) is 5.69 Å². The number of carbonyl (C=O) groups is 1. The molecule has 148 valence electrons. The molecule has 0 aliphatic carbocycles. The lowest BCUT2D eigenvalue weighted by Gasteiger charge is -2.35. The van der Waals surface area contributed by atoms with Crippen LogP contribution in [0.4, 0.5) is 5.82 Å². The third kappa shape index (κ3) is 4.40. The van der Waals surface area contributed by atoms with Crippen LogP contribution in [0.1, 0.15) is 22.8 Å². The minimum absolute atomic E-state index is 0.0401. The minimum Gasteiger partial charge on any atom is -0.352 e. The summed E-state index contributed by atoms with van der Waals surface area (Å²) < 4.78 is 0. The van der Waals surface area contributed by atoms with Crippen LogP contribution in [-0.4, -0.2) is 47.2 Å². The van der Waals surface area contributed by atoms with Crippen molar-refractivity contribution in [3.05, 3.63) is 76.8 Å². The Hall–Kier alpha value is -2.92. The summed E-state index contributed by atoms with van der Waals surface area (Å²) in [5, 5.41) is 9.46. The zero-order valence-electron chi connectivity index (χ0n) is 16.4. The molecule has 2 heterocycles. The number of nitrogens with zero attached hydrogens (tertiary/aromatic N) is 4. The lowest BCUT2D eigenvalue weighted by atomic mass is 10.1. The maximum Gasteiger partial charge on any atom is 0.253 e. The largest absolute Gasteiger partial charge is 0.352 e. The van der Waals surface area contributed by atoms with Crippen LogP contribution in [0.15, 0.2) is 60.7 Å². The lowest BCUT2D eigenvalue weighted by molar-refractivity contribution is 0.0746. The highest BCUT2D eigenvalue weighted by molar-refractivity contribution is 6.30. The highest BCUT2D eigenvalue weighted by atomic mass is 35.5. The van der Waals surface area contributed by atoms with Crippen molar-refractivity contribution >= 4 is 23.3 Å². The lowest BCUT2D eigenvalue weighted by Crippen LogP contribution is -2.49. The van der Waals surface area contributed by atoms with Crippen molar-refractivity contribution in [1.29, 1.82) is 0 Å². The minimum atomic E-state index is 0.0401. The van der Waals surface area contributed by atoms with E-state index in [9.17, 15) is 4.79 Å². The zero-order chi connectivity index (χ0) is 20.2. The fourth-order valence-corrected chi connectivity index (χ4v) is 3.60. The van der Waals surface area contributed by atoms with Crippen molar-refractivity contribution in [2.45, 2.75) is 13.3 Å². The van der Waals surface area contributed by atoms with Crippen LogP contribution in [0.5, 0.6) is 0 Å². The van der Waals surface area contributed by atoms with Crippen LogP contribution in [0.25, 0.3) is 11.3 Å². The summed E-state index contributed by atoms with van der Waals surface area (Å²) in [6.07, 6.45) is 1.03. The molecule has 0 radical (unpaired) electrons. The van der Waals surface area contributed by atoms with Crippen LogP contribution in [0.2, 0.25) is 5.02 Å². The van der Waals surface area contributed by atoms with Gasteiger partial charge in [-0.15, -0.1) is 10.2 Å². The Morgan fingerprint density at radius 3 is 2.17 bits per heavy atom. The predicted molar refractivity (Wildman–Crippen MR) is 116 cm³/mol. The topological polar surface area (TPSA) is 49.3 Å². The molecule has 1 saturated heterocycles. The number of hydrogen-bond donors (Lipinski definition) is 0. The van der Waals surface area contributed by atoms with E-state index in [1.807, 2.05) is 17.0 Å². The van der Waals surface area contributed by atoms with Gasteiger partial charge >= 0.3 is 0 Å². The summed E-state index contributed by atoms with van der Waals surface area (Å²) in [7, 11) is 0. The fraction of sp³-hybridized carbons (Fsp3) is 0.261. The van der Waals surface area contributed by atoms with Crippen LogP contribution >= 0.6 is 11.6 Å². The molecule has 0 atom stereocenters. The van der Waals surface area contributed by atoms with Gasteiger partial charge in [-0.1, -0.05) is 42.8 Å². The first kappa shape index (κ1) is 19.4. The second-order valence-electron chi connectivity index (χ2n) is 7.11. The third-order valence-corrected chi connectivity index (χ3v) is 5.54. The second kappa shape index (κ2) is 8.62. The van der Waals surface area contributed by atoms with Gasteiger partial charge in [-0.25, -0.2) is 0 Å². The van der Waals surface area contributed by atoms with Crippen LogP contribution < -0.4 is 4.90 Å². The number of aromatic nitrogens is 2. The number of piperazine rings is 1. The van der Waals surface area contributed by atoms with Crippen molar-refractivity contribution in [1.82, 2.24) is 15.1 Å². The number of rotatable bonds is 4. The van der Waals surface area contributed by atoms with Gasteiger partial charge < -0.3 is 9.80 Å². The molecule has 2 aromatic carbocycles. The number of benzene rings is 2. The van der Waals surface area contributed by atoms with Crippen LogP contribution in [0.3, 0.4) is 0 Å². The Bertz CT molecular complexity index is 963. The zero-order valence-corrected chi connectivity index (χ0v) is 17.1. The van der Waals surface area contributed by atoms with Gasteiger partial charge in [0.2, 0.25) is 0 Å². The van der Waals surface area contributed by atoms with Crippen LogP contribution in [-0.2, 0) is 6.42 Å². The van der Waals surface area contributed by atoms with Crippen molar-refractivity contribution in [2.24, 2.45) is 0 Å². The molecule has 3 aromatic rings. The quantitative estimate of drug-likeness (QED) is 0.647. The number of carbonyl (C=O) groups excluding carboxylic acids is 1. The SMILES string of the molecule is CCc1ccc(-c2ccc(N3CCN(C(=O)c4ccc(Cl)cc4)CC3)nn2)cc1. The molecule has 0 spiro atoms. The molecule has 1 aliphatic heterocycles. The highest BCUT2D eigenvalue weighted by Gasteiger charge is 2.23. The molecule has 1 aromatic heterocycles. The average Bonchev–Trinajstić information content (AvgIpc) is 2.79. The predicted octanol–water partition coefficient (Wildman–Crippen LogP) is 4.32. The molecule has 0 bridgehead atoms. The molecule has 0 unspecified atom stereocenters. The number of aryl methyl sites for hydroxylation is 1. The molecular formula is C23H23ClN4O. The molecular weight excluding hydrogens is 384 g/mol. The molecule has 1 amide bonds. The van der Waals surface area contributed by atoms with Gasteiger partial charge in [-0.3, -0.25) is 4.79 Å². The summed E-state index contributed by atoms with van der Waals surface area (Å²) in [4.78, 5) is 16.7. The summed E-state index contributed by atoms with van der Waals surface area (Å²) in [6, 6.07) is 19.5. The van der Waals surface area contributed by atoms with E-state index < -0.39 is 0 Å². The van der Waals surface area contributed by atoms with E-state index in [0.29, 0.717) is 23.7 Å². The standard InChI is InChI=1S/C23H23ClN4O/c1-2-17-3-5-18(6-4-17)21-11-12-22(26-25-21)27-13-15-28(16-14-27)23(29)19-7-9-20(24)10-8-19/h3-12H,2,13-16H2,1H3. The summed E-state index contributed by atoms with van der Waals surface area (Å²) in [5.74, 6) is 0.885. The van der Waals surface area contributed by atoms with Crippen molar-refractivity contribution in [3.63, 3.8) is 0 Å². The van der Waals surface area contributed by atoms with Gasteiger partial charge in [-0.05, 0) is 48.4 Å². The van der Waals surface area contributed by atoms with Gasteiger partial charge in [0.1, 0.15) is 0 Å². The molecule has 1 aliphatic rings. The smallest absolute Gasteiger partial charge is 0.253 e. The third-order valence-electron chi connectivity index (χ3n) is 5.29. The fourth-order valence-electron chi connectivity index (χ4n) is 3.47. The molecule has 1 fully saturated rings. The van der Waals surface area contributed by atoms with E-state index in [1.54, 1.807) is 24.3 Å². The Kier molecular flexibility index (Phi) is 5.76. The van der Waals surface area contributed by atoms with Gasteiger partial charge in [0.15, 0.2) is 5.82 Å². The van der Waals surface area contributed by atoms with E-state index in [2.05, 4.69) is 46.3 Å². The number of hydrogen-bond acceptors (Lipinski definition) is 4. The van der Waals surface area contributed by atoms with E-state index in [-0.39, 0.29) is 5.91 Å². The molecule has 0 N–H and O–H groups in total. The van der Waals surface area contributed by atoms with Gasteiger partial charge in [0, 0.05) is 42.3 Å². The number of halogens is 1. The second-order valence-corrected chi connectivity index (χ2v) is 7.55. The van der Waals surface area contributed by atoms with E-state index in [4.69, 9.17) is 11.6 Å². The molecule has 4 rings (SSSR count). The van der Waals surface area contributed by atoms with Gasteiger partial charge in [-0.2, -0.15) is 0 Å². The Balaban J connectivity index is 1.38. The van der Waals surface area contributed by atoms with Crippen molar-refractivity contribution < 1.29 is 4.79 Å². The monoisotopic (exact) mass is 406 g/mol. The Morgan fingerprint density at radius 1 is 0.897 bits per heavy atom. The van der Waals surface area contributed by atoms with Gasteiger partial charge in [0.25, 0.3) is 5.91 Å². The maximum atomic E-state index is 12.6. The normalized spacial score (nSPS) is 14.1. The first-order chi connectivity index (χ1) is 14.1. The maximum absolute atomic E-state index is 12.6. The molecule has 29 heavy (non-hydrogen) atoms. The van der Waals surface area contributed by atoms with E-state index >= 15 is 0 Å². The van der Waals surface area contributed by atoms with Crippen molar-refractivity contribution in [2.75, 3.05) is 31.1 Å². The average molecular weight is 407 g/mol. The first-order valence-corrected chi connectivity index (χ1v) is 10.2. The molecule has 6 heteroatoms. The van der Waals surface area contributed by atoms with Crippen LogP contribution in [0, 0.1) is 0 Å². The number of anilines is 1. The number of amides is 1. The summed E-state index contributed by atoms with van der Waals surface area (Å²) in [6.45, 7) is 4.93. The molecule has 5 nitrogen and oxygen atoms in total. The summed E-state index contributed by atoms with van der Waals surface area (Å²) >= 11 is 5.91. The van der Waals surface area contributed by atoms with E-state index in [0.717, 1.165) is 36.6 Å². The molecule has 0 saturated carbocycles. The highest BCUT2D eigenvalue weighted by Crippen LogP contribution is 2.21.